The monoisotopic (exact) mass is 372 g/mol. The van der Waals surface area contributed by atoms with Crippen LogP contribution in [-0.4, -0.2) is 19.2 Å². The summed E-state index contributed by atoms with van der Waals surface area (Å²) in [5.41, 5.74) is -0.0680. The highest BCUT2D eigenvalue weighted by Gasteiger charge is 2.21. The molecule has 0 saturated carbocycles. The van der Waals surface area contributed by atoms with Gasteiger partial charge in [0.15, 0.2) is 0 Å². The van der Waals surface area contributed by atoms with E-state index in [1.54, 1.807) is 6.92 Å². The van der Waals surface area contributed by atoms with Crippen molar-refractivity contribution < 1.29 is 23.0 Å². The maximum atomic E-state index is 12.2. The van der Waals surface area contributed by atoms with Gasteiger partial charge in [0.25, 0.3) is 0 Å². The third kappa shape index (κ3) is 3.64. The number of carbonyl (C=O) groups excluding carboxylic acids is 1. The van der Waals surface area contributed by atoms with E-state index < -0.39 is 12.6 Å². The zero-order chi connectivity index (χ0) is 13.0. The maximum absolute atomic E-state index is 12.2. The smallest absolute Gasteiger partial charge is 0.387 e. The van der Waals surface area contributed by atoms with E-state index in [9.17, 15) is 13.6 Å². The van der Waals surface area contributed by atoms with Gasteiger partial charge in [0.1, 0.15) is 11.3 Å². The second kappa shape index (κ2) is 6.30. The van der Waals surface area contributed by atoms with Crippen molar-refractivity contribution in [2.24, 2.45) is 0 Å². The SMILES string of the molecule is CCOC(=O)c1c(OC(F)F)ccc(Br)c1Br. The number of alkyl halides is 2. The van der Waals surface area contributed by atoms with Gasteiger partial charge >= 0.3 is 12.6 Å². The van der Waals surface area contributed by atoms with E-state index in [-0.39, 0.29) is 17.9 Å². The molecule has 17 heavy (non-hydrogen) atoms. The summed E-state index contributed by atoms with van der Waals surface area (Å²) in [7, 11) is 0. The standard InChI is InChI=1S/C10H8Br2F2O3/c1-2-16-9(15)7-6(17-10(13)14)4-3-5(11)8(7)12/h3-4,10H,2H2,1H3. The molecule has 1 aromatic carbocycles. The van der Waals surface area contributed by atoms with Crippen LogP contribution in [0.3, 0.4) is 0 Å². The Bertz CT molecular complexity index is 424. The van der Waals surface area contributed by atoms with Gasteiger partial charge in [0.05, 0.1) is 11.1 Å². The van der Waals surface area contributed by atoms with Crippen molar-refractivity contribution in [1.29, 1.82) is 0 Å². The Kier molecular flexibility index (Phi) is 5.32. The molecular weight excluding hydrogens is 366 g/mol. The number of carbonyl (C=O) groups is 1. The van der Waals surface area contributed by atoms with Crippen molar-refractivity contribution in [1.82, 2.24) is 0 Å². The van der Waals surface area contributed by atoms with Crippen LogP contribution >= 0.6 is 31.9 Å². The Morgan fingerprint density at radius 3 is 2.59 bits per heavy atom. The molecule has 0 radical (unpaired) electrons. The molecule has 0 fully saturated rings. The van der Waals surface area contributed by atoms with Crippen molar-refractivity contribution in [3.8, 4) is 5.75 Å². The number of benzene rings is 1. The van der Waals surface area contributed by atoms with Crippen LogP contribution in [0.2, 0.25) is 0 Å². The van der Waals surface area contributed by atoms with E-state index in [4.69, 9.17) is 4.74 Å². The Balaban J connectivity index is 3.21. The van der Waals surface area contributed by atoms with E-state index >= 15 is 0 Å². The Morgan fingerprint density at radius 1 is 1.41 bits per heavy atom. The van der Waals surface area contributed by atoms with E-state index in [0.29, 0.717) is 8.95 Å². The molecule has 0 saturated heterocycles. The summed E-state index contributed by atoms with van der Waals surface area (Å²) in [6, 6.07) is 2.76. The fourth-order valence-corrected chi connectivity index (χ4v) is 1.94. The molecule has 1 aromatic rings. The van der Waals surface area contributed by atoms with Gasteiger partial charge in [0.2, 0.25) is 0 Å². The van der Waals surface area contributed by atoms with Gasteiger partial charge in [-0.2, -0.15) is 8.78 Å². The molecule has 0 unspecified atom stereocenters. The highest BCUT2D eigenvalue weighted by molar-refractivity contribution is 9.13. The zero-order valence-electron chi connectivity index (χ0n) is 8.68. The van der Waals surface area contributed by atoms with Crippen LogP contribution in [0.5, 0.6) is 5.75 Å². The highest BCUT2D eigenvalue weighted by Crippen LogP contribution is 2.34. The quantitative estimate of drug-likeness (QED) is 0.748. The molecule has 0 N–H and O–H groups in total. The third-order valence-electron chi connectivity index (χ3n) is 1.75. The van der Waals surface area contributed by atoms with Gasteiger partial charge < -0.3 is 9.47 Å². The predicted molar refractivity (Wildman–Crippen MR) is 64.4 cm³/mol. The summed E-state index contributed by atoms with van der Waals surface area (Å²) in [5, 5.41) is 0. The Morgan fingerprint density at radius 2 is 2.06 bits per heavy atom. The van der Waals surface area contributed by atoms with Crippen LogP contribution in [0.4, 0.5) is 8.78 Å². The molecule has 0 aliphatic heterocycles. The van der Waals surface area contributed by atoms with E-state index in [2.05, 4.69) is 36.6 Å². The molecule has 0 aliphatic carbocycles. The largest absolute Gasteiger partial charge is 0.462 e. The van der Waals surface area contributed by atoms with Crippen molar-refractivity contribution >= 4 is 37.8 Å². The summed E-state index contributed by atoms with van der Waals surface area (Å²) in [5.74, 6) is -0.954. The molecule has 7 heteroatoms. The summed E-state index contributed by atoms with van der Waals surface area (Å²) in [4.78, 5) is 11.6. The second-order valence-corrected chi connectivity index (χ2v) is 4.48. The fourth-order valence-electron chi connectivity index (χ4n) is 1.12. The second-order valence-electron chi connectivity index (χ2n) is 2.83. The first-order valence-corrected chi connectivity index (χ1v) is 6.15. The first kappa shape index (κ1) is 14.4. The number of hydrogen-bond donors (Lipinski definition) is 0. The van der Waals surface area contributed by atoms with Gasteiger partial charge in [-0.3, -0.25) is 0 Å². The number of rotatable bonds is 4. The van der Waals surface area contributed by atoms with E-state index in [1.807, 2.05) is 0 Å². The van der Waals surface area contributed by atoms with Gasteiger partial charge in [-0.1, -0.05) is 0 Å². The van der Waals surface area contributed by atoms with Crippen LogP contribution in [0, 0.1) is 0 Å². The summed E-state index contributed by atoms with van der Waals surface area (Å²) in [6.07, 6.45) is 0. The molecule has 0 atom stereocenters. The summed E-state index contributed by atoms with van der Waals surface area (Å²) in [6.45, 7) is -1.24. The van der Waals surface area contributed by atoms with Crippen LogP contribution < -0.4 is 4.74 Å². The minimum Gasteiger partial charge on any atom is -0.462 e. The number of esters is 1. The lowest BCUT2D eigenvalue weighted by molar-refractivity contribution is -0.0505. The van der Waals surface area contributed by atoms with Gasteiger partial charge in [0, 0.05) is 4.47 Å². The lowest BCUT2D eigenvalue weighted by Crippen LogP contribution is -2.11. The zero-order valence-corrected chi connectivity index (χ0v) is 11.8. The predicted octanol–water partition coefficient (Wildman–Crippen LogP) is 3.99. The van der Waals surface area contributed by atoms with Crippen molar-refractivity contribution in [3.63, 3.8) is 0 Å². The normalized spacial score (nSPS) is 10.5. The van der Waals surface area contributed by atoms with Gasteiger partial charge in [-0.05, 0) is 50.9 Å². The van der Waals surface area contributed by atoms with Gasteiger partial charge in [-0.25, -0.2) is 4.79 Å². The molecule has 3 nitrogen and oxygen atoms in total. The molecule has 0 amide bonds. The van der Waals surface area contributed by atoms with Crippen LogP contribution in [-0.2, 0) is 4.74 Å². The minimum absolute atomic E-state index is 0.0680. The molecule has 0 aromatic heterocycles. The molecule has 0 heterocycles. The average molecular weight is 374 g/mol. The van der Waals surface area contributed by atoms with Gasteiger partial charge in [-0.15, -0.1) is 0 Å². The number of hydrogen-bond acceptors (Lipinski definition) is 3. The van der Waals surface area contributed by atoms with Crippen molar-refractivity contribution in [2.45, 2.75) is 13.5 Å². The van der Waals surface area contributed by atoms with E-state index in [0.717, 1.165) is 0 Å². The maximum Gasteiger partial charge on any atom is 0.387 e. The first-order valence-electron chi connectivity index (χ1n) is 4.57. The Labute approximate surface area is 113 Å². The summed E-state index contributed by atoms with van der Waals surface area (Å²) < 4.78 is 34.3. The highest BCUT2D eigenvalue weighted by atomic mass is 79.9. The average Bonchev–Trinajstić information content (AvgIpc) is 2.23. The molecule has 94 valence electrons. The summed E-state index contributed by atoms with van der Waals surface area (Å²) >= 11 is 6.29. The Hall–Kier alpha value is -0.690. The van der Waals surface area contributed by atoms with Crippen molar-refractivity contribution in [3.05, 3.63) is 26.6 Å². The topological polar surface area (TPSA) is 35.5 Å². The lowest BCUT2D eigenvalue weighted by Gasteiger charge is -2.12. The molecule has 0 aliphatic rings. The van der Waals surface area contributed by atoms with Crippen LogP contribution in [0.1, 0.15) is 17.3 Å². The number of ether oxygens (including phenoxy) is 2. The van der Waals surface area contributed by atoms with Crippen LogP contribution in [0.15, 0.2) is 21.1 Å². The van der Waals surface area contributed by atoms with Crippen molar-refractivity contribution in [2.75, 3.05) is 6.61 Å². The minimum atomic E-state index is -3.00. The lowest BCUT2D eigenvalue weighted by atomic mass is 10.2. The molecular formula is C10H8Br2F2O3. The third-order valence-corrected chi connectivity index (χ3v) is 3.77. The molecule has 0 bridgehead atoms. The first-order chi connectivity index (χ1) is 7.97. The number of halogens is 4. The molecule has 0 spiro atoms. The van der Waals surface area contributed by atoms with Crippen LogP contribution in [0.25, 0.3) is 0 Å². The van der Waals surface area contributed by atoms with E-state index in [1.165, 1.54) is 12.1 Å². The molecule has 1 rings (SSSR count). The fraction of sp³-hybridized carbons (Fsp3) is 0.300.